The van der Waals surface area contributed by atoms with Crippen molar-refractivity contribution in [1.82, 2.24) is 9.80 Å². The van der Waals surface area contributed by atoms with Crippen LogP contribution >= 0.6 is 0 Å². The molecule has 1 saturated heterocycles. The normalized spacial score (nSPS) is 26.2. The van der Waals surface area contributed by atoms with Crippen LogP contribution in [0.25, 0.3) is 0 Å². The van der Waals surface area contributed by atoms with Crippen molar-refractivity contribution in [2.24, 2.45) is 11.8 Å². The first kappa shape index (κ1) is 17.4. The van der Waals surface area contributed by atoms with E-state index in [1.807, 2.05) is 22.8 Å². The Bertz CT molecular complexity index is 713. The van der Waals surface area contributed by atoms with Crippen LogP contribution in [0.15, 0.2) is 18.2 Å². The fourth-order valence-electron chi connectivity index (χ4n) is 4.49. The molecular weight excluding hydrogens is 328 g/mol. The molecule has 4 rings (SSSR count). The fraction of sp³-hybridized carbons (Fsp3) is 0.619. The smallest absolute Gasteiger partial charge is 0.226 e. The lowest BCUT2D eigenvalue weighted by molar-refractivity contribution is -0.147. The minimum atomic E-state index is 0.00824. The second-order valence-corrected chi connectivity index (χ2v) is 7.90. The topological polar surface area (TPSA) is 49.9 Å². The van der Waals surface area contributed by atoms with Crippen LogP contribution in [-0.2, 0) is 9.59 Å². The van der Waals surface area contributed by atoms with Crippen molar-refractivity contribution >= 4 is 11.8 Å². The Balaban J connectivity index is 1.74. The number of carbonyl (C=O) groups is 2. The molecule has 5 heteroatoms. The predicted molar refractivity (Wildman–Crippen MR) is 98.8 cm³/mol. The van der Waals surface area contributed by atoms with Gasteiger partial charge in [-0.15, -0.1) is 0 Å². The molecule has 0 unspecified atom stereocenters. The molecule has 1 aliphatic carbocycles. The average molecular weight is 356 g/mol. The highest BCUT2D eigenvalue weighted by Crippen LogP contribution is 2.43. The molecule has 0 bridgehead atoms. The molecule has 2 atom stereocenters. The van der Waals surface area contributed by atoms with Crippen LogP contribution in [0.3, 0.4) is 0 Å². The highest BCUT2D eigenvalue weighted by molar-refractivity contribution is 5.82. The molecule has 140 valence electrons. The molecule has 3 aliphatic rings. The van der Waals surface area contributed by atoms with Crippen molar-refractivity contribution in [1.29, 1.82) is 0 Å². The van der Waals surface area contributed by atoms with Gasteiger partial charge in [-0.1, -0.05) is 24.1 Å². The lowest BCUT2D eigenvalue weighted by Gasteiger charge is -2.46. The van der Waals surface area contributed by atoms with Crippen LogP contribution in [0, 0.1) is 18.8 Å². The predicted octanol–water partition coefficient (Wildman–Crippen LogP) is 2.93. The summed E-state index contributed by atoms with van der Waals surface area (Å²) in [5.74, 6) is 1.53. The summed E-state index contributed by atoms with van der Waals surface area (Å²) in [7, 11) is 0. The highest BCUT2D eigenvalue weighted by atomic mass is 16.5. The third kappa shape index (κ3) is 2.97. The Labute approximate surface area is 155 Å². The van der Waals surface area contributed by atoms with Gasteiger partial charge in [0.15, 0.2) is 0 Å². The van der Waals surface area contributed by atoms with Gasteiger partial charge in [-0.05, 0) is 32.8 Å². The van der Waals surface area contributed by atoms with E-state index in [1.54, 1.807) is 0 Å². The summed E-state index contributed by atoms with van der Waals surface area (Å²) in [4.78, 5) is 29.7. The van der Waals surface area contributed by atoms with Gasteiger partial charge in [0.25, 0.3) is 0 Å². The van der Waals surface area contributed by atoms with E-state index in [2.05, 4.69) is 19.1 Å². The zero-order chi connectivity index (χ0) is 18.3. The summed E-state index contributed by atoms with van der Waals surface area (Å²) < 4.78 is 6.03. The number of ether oxygens (including phenoxy) is 1. The van der Waals surface area contributed by atoms with E-state index in [4.69, 9.17) is 4.74 Å². The Morgan fingerprint density at radius 1 is 1.31 bits per heavy atom. The van der Waals surface area contributed by atoms with Gasteiger partial charge in [-0.3, -0.25) is 9.59 Å². The van der Waals surface area contributed by atoms with Crippen molar-refractivity contribution in [2.45, 2.75) is 45.6 Å². The lowest BCUT2D eigenvalue weighted by atomic mass is 9.81. The van der Waals surface area contributed by atoms with Crippen molar-refractivity contribution in [3.8, 4) is 5.75 Å². The number of nitrogens with zero attached hydrogens (tertiary/aromatic N) is 2. The van der Waals surface area contributed by atoms with E-state index in [0.29, 0.717) is 32.7 Å². The maximum absolute atomic E-state index is 13.2. The zero-order valence-corrected chi connectivity index (χ0v) is 15.7. The molecule has 2 amide bonds. The molecule has 1 aromatic carbocycles. The molecule has 0 radical (unpaired) electrons. The van der Waals surface area contributed by atoms with Crippen LogP contribution in [0.4, 0.5) is 0 Å². The van der Waals surface area contributed by atoms with Crippen molar-refractivity contribution in [2.75, 3.05) is 26.2 Å². The van der Waals surface area contributed by atoms with E-state index < -0.39 is 0 Å². The van der Waals surface area contributed by atoms with Crippen LogP contribution in [0.1, 0.15) is 49.8 Å². The minimum Gasteiger partial charge on any atom is -0.493 e. The molecule has 0 N–H and O–H groups in total. The Kier molecular flexibility index (Phi) is 4.63. The summed E-state index contributed by atoms with van der Waals surface area (Å²) in [5.41, 5.74) is 2.29. The third-order valence-corrected chi connectivity index (χ3v) is 6.21. The molecular formula is C21H28N2O3. The number of hydrogen-bond donors (Lipinski definition) is 0. The molecule has 1 aromatic rings. The number of aryl methyl sites for hydroxylation is 1. The van der Waals surface area contributed by atoms with Gasteiger partial charge in [0.2, 0.25) is 11.8 Å². The number of hydrogen-bond acceptors (Lipinski definition) is 3. The van der Waals surface area contributed by atoms with Crippen LogP contribution in [0.2, 0.25) is 0 Å². The first-order chi connectivity index (χ1) is 12.6. The SMILES string of the molecule is CCN1C[C@H]2COc3ccc(C)cc3[C@H]2N(C(=O)C2CCC2)CCC1=O. The molecule has 5 nitrogen and oxygen atoms in total. The van der Waals surface area contributed by atoms with Gasteiger partial charge < -0.3 is 14.5 Å². The molecule has 2 fully saturated rings. The Morgan fingerprint density at radius 2 is 2.12 bits per heavy atom. The summed E-state index contributed by atoms with van der Waals surface area (Å²) >= 11 is 0. The standard InChI is InChI=1S/C21H28N2O3/c1-3-22-12-16-13-26-18-8-7-14(2)11-17(18)20(16)23(10-9-19(22)24)21(25)15-5-4-6-15/h7-8,11,15-16,20H,3-6,9-10,12-13H2,1-2H3/t16-,20-/m0/s1. The molecule has 2 heterocycles. The van der Waals surface area contributed by atoms with E-state index in [9.17, 15) is 9.59 Å². The molecule has 0 aromatic heterocycles. The summed E-state index contributed by atoms with van der Waals surface area (Å²) in [5, 5.41) is 0. The molecule has 0 spiro atoms. The maximum Gasteiger partial charge on any atom is 0.226 e. The first-order valence-corrected chi connectivity index (χ1v) is 9.90. The van der Waals surface area contributed by atoms with E-state index in [-0.39, 0.29) is 29.7 Å². The van der Waals surface area contributed by atoms with Crippen molar-refractivity contribution in [3.63, 3.8) is 0 Å². The summed E-state index contributed by atoms with van der Waals surface area (Å²) in [6.45, 7) is 6.53. The summed E-state index contributed by atoms with van der Waals surface area (Å²) in [6.07, 6.45) is 3.52. The summed E-state index contributed by atoms with van der Waals surface area (Å²) in [6, 6.07) is 6.25. The second kappa shape index (κ2) is 6.93. The van der Waals surface area contributed by atoms with Crippen LogP contribution < -0.4 is 4.74 Å². The fourth-order valence-corrected chi connectivity index (χ4v) is 4.49. The average Bonchev–Trinajstić information content (AvgIpc) is 2.57. The van der Waals surface area contributed by atoms with Crippen molar-refractivity contribution < 1.29 is 14.3 Å². The second-order valence-electron chi connectivity index (χ2n) is 7.90. The number of amides is 2. The van der Waals surface area contributed by atoms with Crippen LogP contribution in [0.5, 0.6) is 5.75 Å². The molecule has 1 saturated carbocycles. The van der Waals surface area contributed by atoms with E-state index in [0.717, 1.165) is 30.6 Å². The van der Waals surface area contributed by atoms with Gasteiger partial charge in [-0.25, -0.2) is 0 Å². The van der Waals surface area contributed by atoms with Gasteiger partial charge in [0, 0.05) is 43.5 Å². The molecule has 2 aliphatic heterocycles. The van der Waals surface area contributed by atoms with Gasteiger partial charge in [0.05, 0.1) is 12.6 Å². The first-order valence-electron chi connectivity index (χ1n) is 9.90. The van der Waals surface area contributed by atoms with Crippen LogP contribution in [-0.4, -0.2) is 47.9 Å². The Morgan fingerprint density at radius 3 is 2.81 bits per heavy atom. The van der Waals surface area contributed by atoms with Gasteiger partial charge in [-0.2, -0.15) is 0 Å². The number of carbonyl (C=O) groups excluding carboxylic acids is 2. The number of rotatable bonds is 2. The highest BCUT2D eigenvalue weighted by Gasteiger charge is 2.42. The maximum atomic E-state index is 13.2. The number of fused-ring (bicyclic) bond motifs is 3. The minimum absolute atomic E-state index is 0.00824. The zero-order valence-electron chi connectivity index (χ0n) is 15.7. The van der Waals surface area contributed by atoms with E-state index in [1.165, 1.54) is 5.56 Å². The quantitative estimate of drug-likeness (QED) is 0.819. The number of benzene rings is 1. The monoisotopic (exact) mass is 356 g/mol. The van der Waals surface area contributed by atoms with Gasteiger partial charge in [0.1, 0.15) is 5.75 Å². The lowest BCUT2D eigenvalue weighted by Crippen LogP contribution is -2.52. The largest absolute Gasteiger partial charge is 0.493 e. The van der Waals surface area contributed by atoms with E-state index >= 15 is 0 Å². The Hall–Kier alpha value is -2.04. The van der Waals surface area contributed by atoms with Crippen molar-refractivity contribution in [3.05, 3.63) is 29.3 Å². The molecule has 26 heavy (non-hydrogen) atoms. The van der Waals surface area contributed by atoms with Gasteiger partial charge >= 0.3 is 0 Å². The third-order valence-electron chi connectivity index (χ3n) is 6.21.